The Labute approximate surface area is 110 Å². The van der Waals surface area contributed by atoms with Gasteiger partial charge in [-0.3, -0.25) is 4.68 Å². The summed E-state index contributed by atoms with van der Waals surface area (Å²) in [5, 5.41) is 11.1. The molecule has 0 bridgehead atoms. The molecule has 0 amide bonds. The van der Waals surface area contributed by atoms with Crippen molar-refractivity contribution in [3.05, 3.63) is 16.4 Å². The van der Waals surface area contributed by atoms with E-state index in [9.17, 15) is 0 Å². The van der Waals surface area contributed by atoms with Crippen LogP contribution in [0.3, 0.4) is 0 Å². The summed E-state index contributed by atoms with van der Waals surface area (Å²) >= 11 is 8.61. The zero-order chi connectivity index (χ0) is 12.1. The number of rotatable bonds is 4. The number of aromatic nitrogens is 2. The monoisotopic (exact) mass is 304 g/mol. The van der Waals surface area contributed by atoms with E-state index in [4.69, 9.17) is 12.2 Å². The summed E-state index contributed by atoms with van der Waals surface area (Å²) in [6, 6.07) is 0. The molecule has 1 aromatic rings. The number of hydrogen-bond acceptors (Lipinski definition) is 2. The van der Waals surface area contributed by atoms with E-state index in [1.54, 1.807) is 6.20 Å². The molecule has 1 rings (SSSR count). The minimum atomic E-state index is 0.586. The fraction of sp³-hybridized carbons (Fsp3) is 0.600. The molecule has 0 aliphatic rings. The first kappa shape index (κ1) is 13.4. The normalized spacial score (nSPS) is 10.6. The second kappa shape index (κ2) is 6.20. The van der Waals surface area contributed by atoms with E-state index >= 15 is 0 Å². The average Bonchev–Trinajstić information content (AvgIpc) is 2.53. The lowest BCUT2D eigenvalue weighted by molar-refractivity contribution is 0.616. The van der Waals surface area contributed by atoms with E-state index in [1.165, 1.54) is 0 Å². The van der Waals surface area contributed by atoms with Gasteiger partial charge in [0.1, 0.15) is 0 Å². The first-order valence-corrected chi connectivity index (χ1v) is 6.39. The highest BCUT2D eigenvalue weighted by Gasteiger charge is 2.06. The third kappa shape index (κ3) is 4.09. The van der Waals surface area contributed by atoms with Gasteiger partial charge >= 0.3 is 0 Å². The maximum absolute atomic E-state index is 5.16. The van der Waals surface area contributed by atoms with Gasteiger partial charge < -0.3 is 10.6 Å². The SMILES string of the molecule is CC(C)CNC(=S)NCc1c(Br)cnn1C. The van der Waals surface area contributed by atoms with Gasteiger partial charge in [0.15, 0.2) is 5.11 Å². The molecule has 1 heterocycles. The molecule has 0 atom stereocenters. The molecule has 0 aliphatic carbocycles. The molecule has 0 fully saturated rings. The second-order valence-corrected chi connectivity index (χ2v) is 5.28. The number of thiocarbonyl (C=S) groups is 1. The topological polar surface area (TPSA) is 41.9 Å². The van der Waals surface area contributed by atoms with Crippen LogP contribution in [0.25, 0.3) is 0 Å². The van der Waals surface area contributed by atoms with Crippen molar-refractivity contribution in [3.8, 4) is 0 Å². The predicted molar refractivity (Wildman–Crippen MR) is 73.2 cm³/mol. The van der Waals surface area contributed by atoms with Crippen molar-refractivity contribution in [1.29, 1.82) is 0 Å². The summed E-state index contributed by atoms with van der Waals surface area (Å²) in [6.45, 7) is 5.85. The Morgan fingerprint density at radius 1 is 1.56 bits per heavy atom. The molecule has 0 saturated carbocycles. The van der Waals surface area contributed by atoms with Crippen LogP contribution < -0.4 is 10.6 Å². The number of nitrogens with zero attached hydrogens (tertiary/aromatic N) is 2. The van der Waals surface area contributed by atoms with Gasteiger partial charge in [-0.2, -0.15) is 5.10 Å². The largest absolute Gasteiger partial charge is 0.362 e. The third-order valence-corrected chi connectivity index (χ3v) is 3.05. The van der Waals surface area contributed by atoms with Crippen LogP contribution in [0, 0.1) is 5.92 Å². The minimum Gasteiger partial charge on any atom is -0.362 e. The Balaban J connectivity index is 2.37. The van der Waals surface area contributed by atoms with Crippen molar-refractivity contribution >= 4 is 33.3 Å². The molecule has 6 heteroatoms. The number of aryl methyl sites for hydroxylation is 1. The van der Waals surface area contributed by atoms with Crippen LogP contribution in [0.2, 0.25) is 0 Å². The van der Waals surface area contributed by atoms with Crippen LogP contribution in [-0.4, -0.2) is 21.4 Å². The molecule has 2 N–H and O–H groups in total. The second-order valence-electron chi connectivity index (χ2n) is 4.02. The highest BCUT2D eigenvalue weighted by Crippen LogP contribution is 2.14. The van der Waals surface area contributed by atoms with Gasteiger partial charge in [0, 0.05) is 13.6 Å². The number of halogens is 1. The molecule has 0 aliphatic heterocycles. The van der Waals surface area contributed by atoms with Crippen molar-refractivity contribution in [1.82, 2.24) is 20.4 Å². The van der Waals surface area contributed by atoms with Crippen LogP contribution >= 0.6 is 28.1 Å². The van der Waals surface area contributed by atoms with Crippen molar-refractivity contribution in [3.63, 3.8) is 0 Å². The summed E-state index contributed by atoms with van der Waals surface area (Å²) in [6.07, 6.45) is 1.78. The van der Waals surface area contributed by atoms with Crippen molar-refractivity contribution < 1.29 is 0 Å². The van der Waals surface area contributed by atoms with Crippen LogP contribution in [0.15, 0.2) is 10.7 Å². The highest BCUT2D eigenvalue weighted by atomic mass is 79.9. The molecule has 1 aromatic heterocycles. The van der Waals surface area contributed by atoms with E-state index in [0.29, 0.717) is 17.6 Å². The van der Waals surface area contributed by atoms with Crippen molar-refractivity contribution in [2.75, 3.05) is 6.54 Å². The molecular formula is C10H17BrN4S. The van der Waals surface area contributed by atoms with Gasteiger partial charge in [-0.1, -0.05) is 13.8 Å². The molecular weight excluding hydrogens is 288 g/mol. The fourth-order valence-corrected chi connectivity index (χ4v) is 1.80. The van der Waals surface area contributed by atoms with Crippen molar-refractivity contribution in [2.24, 2.45) is 13.0 Å². The molecule has 16 heavy (non-hydrogen) atoms. The molecule has 0 radical (unpaired) electrons. The molecule has 4 nitrogen and oxygen atoms in total. The van der Waals surface area contributed by atoms with Gasteiger partial charge in [-0.05, 0) is 34.1 Å². The lowest BCUT2D eigenvalue weighted by atomic mass is 10.2. The predicted octanol–water partition coefficient (Wildman–Crippen LogP) is 1.80. The van der Waals surface area contributed by atoms with Gasteiger partial charge in [0.25, 0.3) is 0 Å². The first-order valence-electron chi connectivity index (χ1n) is 5.18. The van der Waals surface area contributed by atoms with Crippen LogP contribution in [0.4, 0.5) is 0 Å². The standard InChI is InChI=1S/C10H17BrN4S/c1-7(2)4-12-10(16)13-6-9-8(11)5-14-15(9)3/h5,7H,4,6H2,1-3H3,(H2,12,13,16). The highest BCUT2D eigenvalue weighted by molar-refractivity contribution is 9.10. The van der Waals surface area contributed by atoms with E-state index in [1.807, 2.05) is 11.7 Å². The summed E-state index contributed by atoms with van der Waals surface area (Å²) in [4.78, 5) is 0. The molecule has 0 unspecified atom stereocenters. The Kier molecular flexibility index (Phi) is 5.21. The Hall–Kier alpha value is -0.620. The van der Waals surface area contributed by atoms with Crippen molar-refractivity contribution in [2.45, 2.75) is 20.4 Å². The van der Waals surface area contributed by atoms with Crippen LogP contribution in [-0.2, 0) is 13.6 Å². The third-order valence-electron chi connectivity index (χ3n) is 2.10. The summed E-state index contributed by atoms with van der Waals surface area (Å²) in [7, 11) is 1.91. The smallest absolute Gasteiger partial charge is 0.166 e. The zero-order valence-electron chi connectivity index (χ0n) is 9.75. The lowest BCUT2D eigenvalue weighted by Gasteiger charge is -2.12. The average molecular weight is 305 g/mol. The molecule has 0 aromatic carbocycles. The Morgan fingerprint density at radius 3 is 2.75 bits per heavy atom. The van der Waals surface area contributed by atoms with Crippen LogP contribution in [0.5, 0.6) is 0 Å². The Bertz CT molecular complexity index is 342. The lowest BCUT2D eigenvalue weighted by Crippen LogP contribution is -2.37. The molecule has 0 saturated heterocycles. The number of hydrogen-bond donors (Lipinski definition) is 2. The van der Waals surface area contributed by atoms with E-state index in [-0.39, 0.29) is 0 Å². The van der Waals surface area contributed by atoms with Crippen LogP contribution in [0.1, 0.15) is 19.5 Å². The van der Waals surface area contributed by atoms with Gasteiger partial charge in [-0.25, -0.2) is 0 Å². The van der Waals surface area contributed by atoms with E-state index < -0.39 is 0 Å². The van der Waals surface area contributed by atoms with Gasteiger partial charge in [0.05, 0.1) is 22.9 Å². The zero-order valence-corrected chi connectivity index (χ0v) is 12.2. The fourth-order valence-electron chi connectivity index (χ4n) is 1.16. The summed E-state index contributed by atoms with van der Waals surface area (Å²) in [5.41, 5.74) is 1.08. The molecule has 90 valence electrons. The summed E-state index contributed by atoms with van der Waals surface area (Å²) < 4.78 is 2.82. The van der Waals surface area contributed by atoms with Gasteiger partial charge in [0.2, 0.25) is 0 Å². The summed E-state index contributed by atoms with van der Waals surface area (Å²) in [5.74, 6) is 0.586. The first-order chi connectivity index (χ1) is 7.50. The minimum absolute atomic E-state index is 0.586. The van der Waals surface area contributed by atoms with E-state index in [2.05, 4.69) is 45.5 Å². The maximum atomic E-state index is 5.16. The maximum Gasteiger partial charge on any atom is 0.166 e. The quantitative estimate of drug-likeness (QED) is 0.833. The van der Waals surface area contributed by atoms with E-state index in [0.717, 1.165) is 16.7 Å². The Morgan fingerprint density at radius 2 is 2.25 bits per heavy atom. The molecule has 0 spiro atoms. The number of nitrogens with one attached hydrogen (secondary N) is 2. The van der Waals surface area contributed by atoms with Gasteiger partial charge in [-0.15, -0.1) is 0 Å².